The van der Waals surface area contributed by atoms with Crippen LogP contribution in [0.2, 0.25) is 0 Å². The highest BCUT2D eigenvalue weighted by Gasteiger charge is 2.28. The monoisotopic (exact) mass is 249 g/mol. The summed E-state index contributed by atoms with van der Waals surface area (Å²) >= 11 is 0. The summed E-state index contributed by atoms with van der Waals surface area (Å²) in [5.41, 5.74) is 5.53. The Balaban J connectivity index is 2.80. The van der Waals surface area contributed by atoms with Gasteiger partial charge in [-0.1, -0.05) is 0 Å². The van der Waals surface area contributed by atoms with Crippen LogP contribution in [-0.4, -0.2) is 25.9 Å². The molecule has 0 unspecified atom stereocenters. The van der Waals surface area contributed by atoms with Crippen molar-refractivity contribution < 1.29 is 27.4 Å². The molecule has 7 heteroatoms. The summed E-state index contributed by atoms with van der Waals surface area (Å²) in [7, 11) is 1.19. The molecular weight excluding hydrogens is 239 g/mol. The standard InChI is InChI=1S/C10H10F3NO3/c1-16-9(15)6-2-3-8(7(14)4-6)17-5-10(11,12)13/h2-4H,5,14H2,1H3. The van der Waals surface area contributed by atoms with Crippen molar-refractivity contribution in [3.63, 3.8) is 0 Å². The first-order valence-electron chi connectivity index (χ1n) is 4.51. The number of ether oxygens (including phenoxy) is 2. The first-order chi connectivity index (χ1) is 7.83. The van der Waals surface area contributed by atoms with E-state index in [1.54, 1.807) is 0 Å². The maximum Gasteiger partial charge on any atom is 0.422 e. The van der Waals surface area contributed by atoms with E-state index < -0.39 is 18.8 Å². The fourth-order valence-corrected chi connectivity index (χ4v) is 1.08. The third kappa shape index (κ3) is 3.86. The molecule has 0 spiro atoms. The Kier molecular flexibility index (Phi) is 3.82. The number of benzene rings is 1. The predicted octanol–water partition coefficient (Wildman–Crippen LogP) is 2.00. The summed E-state index contributed by atoms with van der Waals surface area (Å²) in [5.74, 6) is -0.756. The summed E-state index contributed by atoms with van der Waals surface area (Å²) in [6.07, 6.45) is -4.44. The van der Waals surface area contributed by atoms with Gasteiger partial charge in [0.25, 0.3) is 0 Å². The minimum Gasteiger partial charge on any atom is -0.482 e. The number of carbonyl (C=O) groups excluding carboxylic acids is 1. The number of nitrogens with two attached hydrogens (primary N) is 1. The van der Waals surface area contributed by atoms with Crippen molar-refractivity contribution in [3.8, 4) is 5.75 Å². The van der Waals surface area contributed by atoms with E-state index in [0.29, 0.717) is 0 Å². The van der Waals surface area contributed by atoms with E-state index in [9.17, 15) is 18.0 Å². The van der Waals surface area contributed by atoms with Crippen molar-refractivity contribution in [1.29, 1.82) is 0 Å². The van der Waals surface area contributed by atoms with Gasteiger partial charge in [0.15, 0.2) is 6.61 Å². The lowest BCUT2D eigenvalue weighted by atomic mass is 10.2. The van der Waals surface area contributed by atoms with Crippen LogP contribution < -0.4 is 10.5 Å². The number of halogens is 3. The van der Waals surface area contributed by atoms with Gasteiger partial charge in [-0.2, -0.15) is 13.2 Å². The number of anilines is 1. The molecular formula is C10H10F3NO3. The van der Waals surface area contributed by atoms with Gasteiger partial charge in [0.2, 0.25) is 0 Å². The molecule has 17 heavy (non-hydrogen) atoms. The Bertz CT molecular complexity index is 418. The van der Waals surface area contributed by atoms with Crippen LogP contribution in [0.25, 0.3) is 0 Å². The Labute approximate surface area is 95.1 Å². The van der Waals surface area contributed by atoms with Crippen molar-refractivity contribution in [3.05, 3.63) is 23.8 Å². The van der Waals surface area contributed by atoms with E-state index in [4.69, 9.17) is 5.73 Å². The number of nitrogen functional groups attached to an aromatic ring is 1. The molecule has 0 aliphatic carbocycles. The quantitative estimate of drug-likeness (QED) is 0.657. The van der Waals surface area contributed by atoms with E-state index >= 15 is 0 Å². The minimum atomic E-state index is -4.44. The second kappa shape index (κ2) is 4.94. The van der Waals surface area contributed by atoms with Crippen LogP contribution in [-0.2, 0) is 4.74 Å². The first-order valence-corrected chi connectivity index (χ1v) is 4.51. The molecule has 4 nitrogen and oxygen atoms in total. The van der Waals surface area contributed by atoms with Crippen LogP contribution in [0.3, 0.4) is 0 Å². The number of methoxy groups -OCH3 is 1. The van der Waals surface area contributed by atoms with Crippen molar-refractivity contribution in [1.82, 2.24) is 0 Å². The summed E-state index contributed by atoms with van der Waals surface area (Å²) in [4.78, 5) is 11.1. The van der Waals surface area contributed by atoms with Crippen LogP contribution in [0, 0.1) is 0 Å². The number of hydrogen-bond donors (Lipinski definition) is 1. The fraction of sp³-hybridized carbons (Fsp3) is 0.300. The van der Waals surface area contributed by atoms with Gasteiger partial charge in [-0.3, -0.25) is 0 Å². The molecule has 2 N–H and O–H groups in total. The maximum atomic E-state index is 11.9. The van der Waals surface area contributed by atoms with E-state index in [2.05, 4.69) is 9.47 Å². The summed E-state index contributed by atoms with van der Waals surface area (Å²) in [6, 6.07) is 3.65. The lowest BCUT2D eigenvalue weighted by Crippen LogP contribution is -2.19. The normalized spacial score (nSPS) is 11.1. The van der Waals surface area contributed by atoms with Gasteiger partial charge in [-0.25, -0.2) is 4.79 Å². The number of hydrogen-bond acceptors (Lipinski definition) is 4. The Hall–Kier alpha value is -1.92. The largest absolute Gasteiger partial charge is 0.482 e. The lowest BCUT2D eigenvalue weighted by molar-refractivity contribution is -0.153. The molecule has 0 bridgehead atoms. The Morgan fingerprint density at radius 2 is 2.06 bits per heavy atom. The molecule has 0 saturated carbocycles. The number of alkyl halides is 3. The highest BCUT2D eigenvalue weighted by molar-refractivity contribution is 5.90. The second-order valence-electron chi connectivity index (χ2n) is 3.15. The first kappa shape index (κ1) is 13.1. The molecule has 1 aromatic rings. The summed E-state index contributed by atoms with van der Waals surface area (Å²) in [6.45, 7) is -1.44. The molecule has 0 saturated heterocycles. The topological polar surface area (TPSA) is 61.5 Å². The van der Waals surface area contributed by atoms with E-state index in [0.717, 1.165) is 0 Å². The zero-order valence-corrected chi connectivity index (χ0v) is 8.88. The predicted molar refractivity (Wildman–Crippen MR) is 53.7 cm³/mol. The maximum absolute atomic E-state index is 11.9. The average Bonchev–Trinajstić information content (AvgIpc) is 2.25. The molecule has 0 fully saturated rings. The van der Waals surface area contributed by atoms with Gasteiger partial charge >= 0.3 is 12.1 Å². The SMILES string of the molecule is COC(=O)c1ccc(OCC(F)(F)F)c(N)c1. The van der Waals surface area contributed by atoms with Crippen molar-refractivity contribution in [2.75, 3.05) is 19.5 Å². The third-order valence-corrected chi connectivity index (χ3v) is 1.82. The fourth-order valence-electron chi connectivity index (χ4n) is 1.08. The summed E-state index contributed by atoms with van der Waals surface area (Å²) < 4.78 is 44.6. The molecule has 0 heterocycles. The van der Waals surface area contributed by atoms with Gasteiger partial charge in [0.1, 0.15) is 5.75 Å². The Morgan fingerprint density at radius 1 is 1.41 bits per heavy atom. The van der Waals surface area contributed by atoms with Crippen molar-refractivity contribution >= 4 is 11.7 Å². The Morgan fingerprint density at radius 3 is 2.53 bits per heavy atom. The zero-order chi connectivity index (χ0) is 13.1. The molecule has 1 rings (SSSR count). The van der Waals surface area contributed by atoms with Crippen LogP contribution in [0.1, 0.15) is 10.4 Å². The zero-order valence-electron chi connectivity index (χ0n) is 8.88. The van der Waals surface area contributed by atoms with Crippen LogP contribution in [0.15, 0.2) is 18.2 Å². The van der Waals surface area contributed by atoms with Crippen molar-refractivity contribution in [2.24, 2.45) is 0 Å². The molecule has 0 aliphatic heterocycles. The highest BCUT2D eigenvalue weighted by Crippen LogP contribution is 2.25. The molecule has 0 amide bonds. The van der Waals surface area contributed by atoms with Gasteiger partial charge in [-0.05, 0) is 18.2 Å². The van der Waals surface area contributed by atoms with Gasteiger partial charge < -0.3 is 15.2 Å². The van der Waals surface area contributed by atoms with E-state index in [-0.39, 0.29) is 17.0 Å². The molecule has 0 aromatic heterocycles. The minimum absolute atomic E-state index is 0.0582. The smallest absolute Gasteiger partial charge is 0.422 e. The molecule has 94 valence electrons. The molecule has 0 radical (unpaired) electrons. The average molecular weight is 249 g/mol. The number of rotatable bonds is 3. The van der Waals surface area contributed by atoms with Crippen LogP contribution in [0.5, 0.6) is 5.75 Å². The van der Waals surface area contributed by atoms with E-state index in [1.807, 2.05) is 0 Å². The highest BCUT2D eigenvalue weighted by atomic mass is 19.4. The molecule has 1 aromatic carbocycles. The molecule has 0 aliphatic rings. The second-order valence-corrected chi connectivity index (χ2v) is 3.15. The lowest BCUT2D eigenvalue weighted by Gasteiger charge is -2.11. The van der Waals surface area contributed by atoms with Crippen LogP contribution >= 0.6 is 0 Å². The van der Waals surface area contributed by atoms with Crippen LogP contribution in [0.4, 0.5) is 18.9 Å². The third-order valence-electron chi connectivity index (χ3n) is 1.82. The van der Waals surface area contributed by atoms with E-state index in [1.165, 1.54) is 25.3 Å². The van der Waals surface area contributed by atoms with Gasteiger partial charge in [-0.15, -0.1) is 0 Å². The van der Waals surface area contributed by atoms with Gasteiger partial charge in [0, 0.05) is 0 Å². The molecule has 0 atom stereocenters. The van der Waals surface area contributed by atoms with Crippen molar-refractivity contribution in [2.45, 2.75) is 6.18 Å². The van der Waals surface area contributed by atoms with Gasteiger partial charge in [0.05, 0.1) is 18.4 Å². The summed E-state index contributed by atoms with van der Waals surface area (Å²) in [5, 5.41) is 0. The number of carbonyl (C=O) groups is 1. The number of esters is 1.